The van der Waals surface area contributed by atoms with Crippen molar-refractivity contribution in [2.45, 2.75) is 6.42 Å². The van der Waals surface area contributed by atoms with Crippen LogP contribution in [0.3, 0.4) is 0 Å². The predicted octanol–water partition coefficient (Wildman–Crippen LogP) is 1.55. The Hall–Kier alpha value is -2.87. The largest absolute Gasteiger partial charge is 0.469 e. The number of aliphatic hydroxyl groups excluding tert-OH is 1. The van der Waals surface area contributed by atoms with E-state index in [1.807, 2.05) is 0 Å². The SMILES string of the molecule is NC(=O)c1ccc(NC[C@H](CO)Cc2ccco2)c([N+](=O)[O-])c1. The average molecular weight is 319 g/mol. The number of furan rings is 1. The predicted molar refractivity (Wildman–Crippen MR) is 83.1 cm³/mol. The maximum absolute atomic E-state index is 11.1. The highest BCUT2D eigenvalue weighted by atomic mass is 16.6. The van der Waals surface area contributed by atoms with Gasteiger partial charge in [-0.2, -0.15) is 0 Å². The molecule has 0 saturated carbocycles. The minimum absolute atomic E-state index is 0.0662. The van der Waals surface area contributed by atoms with Crippen LogP contribution in [-0.2, 0) is 6.42 Å². The summed E-state index contributed by atoms with van der Waals surface area (Å²) in [4.78, 5) is 21.6. The maximum Gasteiger partial charge on any atom is 0.293 e. The molecule has 0 bridgehead atoms. The van der Waals surface area contributed by atoms with Gasteiger partial charge >= 0.3 is 0 Å². The minimum Gasteiger partial charge on any atom is -0.469 e. The van der Waals surface area contributed by atoms with Gasteiger partial charge in [-0.05, 0) is 24.3 Å². The van der Waals surface area contributed by atoms with E-state index in [0.29, 0.717) is 13.0 Å². The number of nitrogens with one attached hydrogen (secondary N) is 1. The number of carbonyl (C=O) groups is 1. The summed E-state index contributed by atoms with van der Waals surface area (Å²) in [6.07, 6.45) is 2.05. The van der Waals surface area contributed by atoms with Crippen LogP contribution in [0.4, 0.5) is 11.4 Å². The van der Waals surface area contributed by atoms with E-state index >= 15 is 0 Å². The van der Waals surface area contributed by atoms with E-state index in [9.17, 15) is 20.0 Å². The van der Waals surface area contributed by atoms with Gasteiger partial charge in [-0.15, -0.1) is 0 Å². The second-order valence-electron chi connectivity index (χ2n) is 5.07. The quantitative estimate of drug-likeness (QED) is 0.499. The third-order valence-electron chi connectivity index (χ3n) is 3.39. The Morgan fingerprint density at radius 3 is 2.78 bits per heavy atom. The topological polar surface area (TPSA) is 132 Å². The Bertz CT molecular complexity index is 684. The first-order valence-corrected chi connectivity index (χ1v) is 6.96. The Balaban J connectivity index is 2.09. The summed E-state index contributed by atoms with van der Waals surface area (Å²) in [6.45, 7) is 0.217. The van der Waals surface area contributed by atoms with E-state index < -0.39 is 10.8 Å². The molecule has 2 rings (SSSR count). The molecule has 23 heavy (non-hydrogen) atoms. The number of nitrogens with zero attached hydrogens (tertiary/aromatic N) is 1. The van der Waals surface area contributed by atoms with Gasteiger partial charge < -0.3 is 20.6 Å². The molecule has 1 aromatic carbocycles. The molecule has 0 radical (unpaired) electrons. The van der Waals surface area contributed by atoms with Crippen molar-refractivity contribution in [3.8, 4) is 0 Å². The van der Waals surface area contributed by atoms with E-state index in [2.05, 4.69) is 5.32 Å². The van der Waals surface area contributed by atoms with Crippen molar-refractivity contribution in [1.29, 1.82) is 0 Å². The molecule has 0 saturated heterocycles. The number of anilines is 1. The van der Waals surface area contributed by atoms with Crippen LogP contribution < -0.4 is 11.1 Å². The molecule has 8 heteroatoms. The van der Waals surface area contributed by atoms with E-state index in [-0.39, 0.29) is 29.5 Å². The van der Waals surface area contributed by atoms with Gasteiger partial charge in [-0.1, -0.05) is 0 Å². The number of benzene rings is 1. The average Bonchev–Trinajstić information content (AvgIpc) is 3.03. The second kappa shape index (κ2) is 7.41. The van der Waals surface area contributed by atoms with E-state index in [1.54, 1.807) is 18.4 Å². The van der Waals surface area contributed by atoms with Crippen LogP contribution in [-0.4, -0.2) is 29.1 Å². The lowest BCUT2D eigenvalue weighted by molar-refractivity contribution is -0.384. The molecule has 1 aromatic heterocycles. The molecule has 0 aliphatic carbocycles. The van der Waals surface area contributed by atoms with Crippen molar-refractivity contribution >= 4 is 17.3 Å². The smallest absolute Gasteiger partial charge is 0.293 e. The Morgan fingerprint density at radius 1 is 1.43 bits per heavy atom. The first-order chi connectivity index (χ1) is 11.0. The van der Waals surface area contributed by atoms with Crippen molar-refractivity contribution < 1.29 is 19.2 Å². The Labute approximate surface area is 132 Å². The van der Waals surface area contributed by atoms with Crippen molar-refractivity contribution in [3.63, 3.8) is 0 Å². The van der Waals surface area contributed by atoms with Crippen LogP contribution in [0.2, 0.25) is 0 Å². The first kappa shape index (κ1) is 16.5. The van der Waals surface area contributed by atoms with Crippen LogP contribution in [0.25, 0.3) is 0 Å². The molecule has 4 N–H and O–H groups in total. The number of nitro benzene ring substituents is 1. The number of nitrogens with two attached hydrogens (primary N) is 1. The molecule has 8 nitrogen and oxygen atoms in total. The summed E-state index contributed by atoms with van der Waals surface area (Å²) >= 11 is 0. The Kier molecular flexibility index (Phi) is 5.32. The number of primary amides is 1. The standard InChI is InChI=1S/C15H17N3O5/c16-15(20)11-3-4-13(14(7-11)18(21)22)17-8-10(9-19)6-12-2-1-5-23-12/h1-5,7,10,17,19H,6,8-9H2,(H2,16,20)/t10-/m1/s1. The zero-order valence-corrected chi connectivity index (χ0v) is 12.3. The molecule has 122 valence electrons. The summed E-state index contributed by atoms with van der Waals surface area (Å²) in [5.41, 5.74) is 5.22. The monoisotopic (exact) mass is 319 g/mol. The molecule has 1 atom stereocenters. The zero-order valence-electron chi connectivity index (χ0n) is 12.3. The number of hydrogen-bond acceptors (Lipinski definition) is 6. The summed E-state index contributed by atoms with van der Waals surface area (Å²) in [7, 11) is 0. The van der Waals surface area contributed by atoms with Gasteiger partial charge in [-0.3, -0.25) is 14.9 Å². The van der Waals surface area contributed by atoms with Gasteiger partial charge in [0.25, 0.3) is 5.69 Å². The number of aliphatic hydroxyl groups is 1. The number of carbonyl (C=O) groups excluding carboxylic acids is 1. The van der Waals surface area contributed by atoms with Gasteiger partial charge in [0.15, 0.2) is 0 Å². The summed E-state index contributed by atoms with van der Waals surface area (Å²) in [6, 6.07) is 7.53. The fourth-order valence-corrected chi connectivity index (χ4v) is 2.15. The van der Waals surface area contributed by atoms with Crippen LogP contribution in [0.15, 0.2) is 41.0 Å². The minimum atomic E-state index is -0.731. The fraction of sp³-hybridized carbons (Fsp3) is 0.267. The van der Waals surface area contributed by atoms with Gasteiger partial charge in [0, 0.05) is 37.1 Å². The van der Waals surface area contributed by atoms with E-state index in [0.717, 1.165) is 11.8 Å². The molecule has 0 aliphatic heterocycles. The van der Waals surface area contributed by atoms with Gasteiger partial charge in [-0.25, -0.2) is 0 Å². The Morgan fingerprint density at radius 2 is 2.22 bits per heavy atom. The summed E-state index contributed by atoms with van der Waals surface area (Å²) < 4.78 is 5.22. The van der Waals surface area contributed by atoms with Gasteiger partial charge in [0.05, 0.1) is 11.2 Å². The number of hydrogen-bond donors (Lipinski definition) is 3. The summed E-state index contributed by atoms with van der Waals surface area (Å²) in [5, 5.41) is 23.5. The molecule has 0 fully saturated rings. The highest BCUT2D eigenvalue weighted by Gasteiger charge is 2.18. The van der Waals surface area contributed by atoms with Crippen LogP contribution in [0.5, 0.6) is 0 Å². The normalized spacial score (nSPS) is 11.9. The van der Waals surface area contributed by atoms with Crippen molar-refractivity contribution in [2.75, 3.05) is 18.5 Å². The van der Waals surface area contributed by atoms with Crippen molar-refractivity contribution in [2.24, 2.45) is 11.7 Å². The fourth-order valence-electron chi connectivity index (χ4n) is 2.15. The van der Waals surface area contributed by atoms with Gasteiger partial charge in [0.1, 0.15) is 11.4 Å². The van der Waals surface area contributed by atoms with Gasteiger partial charge in [0.2, 0.25) is 5.91 Å². The maximum atomic E-state index is 11.1. The summed E-state index contributed by atoms with van der Waals surface area (Å²) in [5.74, 6) is -0.174. The second-order valence-corrected chi connectivity index (χ2v) is 5.07. The lowest BCUT2D eigenvalue weighted by Crippen LogP contribution is -2.20. The highest BCUT2D eigenvalue weighted by Crippen LogP contribution is 2.26. The molecule has 2 aromatic rings. The number of nitro groups is 1. The molecule has 0 spiro atoms. The van der Waals surface area contributed by atoms with Crippen LogP contribution in [0, 0.1) is 16.0 Å². The molecule has 1 amide bonds. The zero-order chi connectivity index (χ0) is 16.8. The van der Waals surface area contributed by atoms with E-state index in [1.165, 1.54) is 12.1 Å². The molecular weight excluding hydrogens is 302 g/mol. The van der Waals surface area contributed by atoms with E-state index in [4.69, 9.17) is 10.2 Å². The number of rotatable bonds is 8. The highest BCUT2D eigenvalue weighted by molar-refractivity contribution is 5.94. The van der Waals surface area contributed by atoms with Crippen molar-refractivity contribution in [3.05, 3.63) is 58.0 Å². The third-order valence-corrected chi connectivity index (χ3v) is 3.39. The lowest BCUT2D eigenvalue weighted by Gasteiger charge is -2.15. The third kappa shape index (κ3) is 4.30. The van der Waals surface area contributed by atoms with Crippen LogP contribution >= 0.6 is 0 Å². The molecule has 1 heterocycles. The van der Waals surface area contributed by atoms with Crippen LogP contribution in [0.1, 0.15) is 16.1 Å². The molecule has 0 unspecified atom stereocenters. The first-order valence-electron chi connectivity index (χ1n) is 6.96. The number of amides is 1. The molecular formula is C15H17N3O5. The molecule has 0 aliphatic rings. The van der Waals surface area contributed by atoms with Crippen molar-refractivity contribution in [1.82, 2.24) is 0 Å². The lowest BCUT2D eigenvalue weighted by atomic mass is 10.0.